The van der Waals surface area contributed by atoms with Crippen molar-refractivity contribution in [1.82, 2.24) is 24.8 Å². The number of carbonyl (C=O) groups is 1. The Balaban J connectivity index is 0.00000189. The van der Waals surface area contributed by atoms with E-state index in [-0.39, 0.29) is 34.4 Å². The molecular weight excluding hydrogens is 615 g/mol. The first-order valence-electron chi connectivity index (χ1n) is 14.5. The summed E-state index contributed by atoms with van der Waals surface area (Å²) in [5.74, 6) is -0.245. The second kappa shape index (κ2) is 13.0. The summed E-state index contributed by atoms with van der Waals surface area (Å²) in [7, 11) is 0. The van der Waals surface area contributed by atoms with Crippen LogP contribution in [0, 0.1) is 5.82 Å². The van der Waals surface area contributed by atoms with E-state index < -0.39 is 11.4 Å². The normalized spacial score (nSPS) is 20.4. The van der Waals surface area contributed by atoms with E-state index in [4.69, 9.17) is 26.1 Å². The van der Waals surface area contributed by atoms with Gasteiger partial charge < -0.3 is 19.3 Å². The minimum absolute atomic E-state index is 0.0160. The Morgan fingerprint density at radius 2 is 1.85 bits per heavy atom. The van der Waals surface area contributed by atoms with E-state index in [2.05, 4.69) is 42.3 Å². The van der Waals surface area contributed by atoms with Crippen molar-refractivity contribution in [2.24, 2.45) is 0 Å². The van der Waals surface area contributed by atoms with Gasteiger partial charge in [-0.3, -0.25) is 4.90 Å². The van der Waals surface area contributed by atoms with Crippen LogP contribution in [0.5, 0.6) is 6.01 Å². The molecule has 9 nitrogen and oxygen atoms in total. The van der Waals surface area contributed by atoms with Crippen LogP contribution in [-0.2, 0) is 4.74 Å². The average molecular weight is 656 g/mol. The summed E-state index contributed by atoms with van der Waals surface area (Å²) in [6.07, 6.45) is 6.41. The number of nitrogens with zero attached hydrogens (tertiary/aromatic N) is 6. The third-order valence-electron chi connectivity index (χ3n) is 7.79. The van der Waals surface area contributed by atoms with Crippen LogP contribution in [0.4, 0.5) is 15.0 Å². The number of rotatable bonds is 6. The summed E-state index contributed by atoms with van der Waals surface area (Å²) in [5.41, 5.74) is -0.572. The highest BCUT2D eigenvalue weighted by Crippen LogP contribution is 2.40. The molecular formula is C29H41BrClFN6O3. The highest BCUT2D eigenvalue weighted by molar-refractivity contribution is 9.10. The van der Waals surface area contributed by atoms with E-state index >= 15 is 4.39 Å². The summed E-state index contributed by atoms with van der Waals surface area (Å²) >= 11 is 9.57. The number of pyridine rings is 1. The first kappa shape index (κ1) is 31.7. The van der Waals surface area contributed by atoms with Crippen LogP contribution >= 0.6 is 27.5 Å². The van der Waals surface area contributed by atoms with Gasteiger partial charge in [0.15, 0.2) is 11.0 Å². The largest absolute Gasteiger partial charge is 0.461 e. The highest BCUT2D eigenvalue weighted by Gasteiger charge is 2.45. The Kier molecular flexibility index (Phi) is 10.0. The molecule has 1 atom stereocenters. The number of hydrogen-bond donors (Lipinski definition) is 0. The lowest BCUT2D eigenvalue weighted by Crippen LogP contribution is -2.55. The molecule has 2 aromatic rings. The lowest BCUT2D eigenvalue weighted by atomic mass is 9.95. The van der Waals surface area contributed by atoms with Crippen molar-refractivity contribution >= 4 is 50.3 Å². The molecule has 2 aromatic heterocycles. The third-order valence-corrected chi connectivity index (χ3v) is 8.61. The van der Waals surface area contributed by atoms with Gasteiger partial charge in [-0.15, -0.1) is 6.58 Å². The van der Waals surface area contributed by atoms with E-state index in [1.165, 1.54) is 0 Å². The molecule has 41 heavy (non-hydrogen) atoms. The zero-order chi connectivity index (χ0) is 29.9. The molecule has 1 amide bonds. The van der Waals surface area contributed by atoms with Gasteiger partial charge in [0.1, 0.15) is 28.1 Å². The molecule has 5 rings (SSSR count). The number of halogens is 3. The van der Waals surface area contributed by atoms with E-state index in [0.717, 1.165) is 38.8 Å². The Bertz CT molecular complexity index is 1270. The van der Waals surface area contributed by atoms with E-state index in [0.29, 0.717) is 48.5 Å². The Hall–Kier alpha value is -2.24. The average Bonchev–Trinajstić information content (AvgIpc) is 3.51. The Labute approximate surface area is 255 Å². The Morgan fingerprint density at radius 1 is 1.17 bits per heavy atom. The van der Waals surface area contributed by atoms with Crippen molar-refractivity contribution in [3.63, 3.8) is 0 Å². The van der Waals surface area contributed by atoms with Crippen molar-refractivity contribution in [3.05, 3.63) is 28.2 Å². The summed E-state index contributed by atoms with van der Waals surface area (Å²) < 4.78 is 27.5. The fourth-order valence-corrected chi connectivity index (χ4v) is 6.84. The molecule has 0 aliphatic carbocycles. The first-order chi connectivity index (χ1) is 19.5. The van der Waals surface area contributed by atoms with Crippen LogP contribution in [-0.4, -0.2) is 87.4 Å². The Morgan fingerprint density at radius 3 is 2.49 bits per heavy atom. The fourth-order valence-electron chi connectivity index (χ4n) is 6.02. The van der Waals surface area contributed by atoms with Gasteiger partial charge in [-0.05, 0) is 81.9 Å². The lowest BCUT2D eigenvalue weighted by molar-refractivity contribution is 0.0214. The van der Waals surface area contributed by atoms with Gasteiger partial charge in [-0.2, -0.15) is 9.97 Å². The highest BCUT2D eigenvalue weighted by atomic mass is 79.9. The molecule has 0 N–H and O–H groups in total. The standard InChI is InChI=1S/C27H35BrClFN6O3.C2H6/c1-5-8-17-15-34(25(37)39-26(2,3)4)13-14-36(17)23-18-20(19(30)22(29)32-21(18)28)31-24(33-23)38-16-27-9-6-11-35(27)12-7-10-27;1-2/h5,17H,1,6-16H2,2-4H3;1-2H3. The van der Waals surface area contributed by atoms with Crippen molar-refractivity contribution in [2.45, 2.75) is 83.9 Å². The molecule has 5 heterocycles. The van der Waals surface area contributed by atoms with Gasteiger partial charge in [0, 0.05) is 19.6 Å². The van der Waals surface area contributed by atoms with Crippen molar-refractivity contribution in [3.8, 4) is 6.01 Å². The number of fused-ring (bicyclic) bond motifs is 2. The smallest absolute Gasteiger partial charge is 0.410 e. The topological polar surface area (TPSA) is 83.9 Å². The van der Waals surface area contributed by atoms with E-state index in [1.807, 2.05) is 34.6 Å². The maximum atomic E-state index is 15.4. The maximum Gasteiger partial charge on any atom is 0.410 e. The van der Waals surface area contributed by atoms with Crippen LogP contribution in [0.15, 0.2) is 17.3 Å². The van der Waals surface area contributed by atoms with Gasteiger partial charge in [-0.1, -0.05) is 31.5 Å². The van der Waals surface area contributed by atoms with Crippen LogP contribution in [0.25, 0.3) is 10.9 Å². The SMILES string of the molecule is C=CCC1CN(C(=O)OC(C)(C)C)CCN1c1nc(OCC23CCCN2CCC3)nc2c(F)c(Cl)nc(Br)c12.CC. The van der Waals surface area contributed by atoms with Gasteiger partial charge in [-0.25, -0.2) is 14.2 Å². The number of hydrogen-bond acceptors (Lipinski definition) is 8. The molecule has 226 valence electrons. The van der Waals surface area contributed by atoms with Crippen molar-refractivity contribution in [2.75, 3.05) is 44.2 Å². The summed E-state index contributed by atoms with van der Waals surface area (Å²) in [5, 5.41) is 0.129. The zero-order valence-corrected chi connectivity index (χ0v) is 27.0. The number of aromatic nitrogens is 3. The summed E-state index contributed by atoms with van der Waals surface area (Å²) in [6.45, 7) is 17.3. The predicted octanol–water partition coefficient (Wildman–Crippen LogP) is 6.62. The van der Waals surface area contributed by atoms with Crippen molar-refractivity contribution in [1.29, 1.82) is 0 Å². The van der Waals surface area contributed by atoms with Gasteiger partial charge in [0.05, 0.1) is 17.0 Å². The molecule has 0 radical (unpaired) electrons. The number of anilines is 1. The summed E-state index contributed by atoms with van der Waals surface area (Å²) in [6, 6.07) is -0.0790. The molecule has 3 aliphatic heterocycles. The molecule has 0 spiro atoms. The minimum atomic E-state index is -0.724. The molecule has 1 unspecified atom stereocenters. The molecule has 3 aliphatic rings. The second-order valence-corrected chi connectivity index (χ2v) is 12.7. The first-order valence-corrected chi connectivity index (χ1v) is 15.6. The lowest BCUT2D eigenvalue weighted by Gasteiger charge is -2.42. The van der Waals surface area contributed by atoms with Crippen LogP contribution in [0.1, 0.15) is 66.7 Å². The van der Waals surface area contributed by atoms with Gasteiger partial charge in [0.25, 0.3) is 0 Å². The molecule has 0 bridgehead atoms. The van der Waals surface area contributed by atoms with Crippen LogP contribution in [0.2, 0.25) is 5.15 Å². The number of carbonyl (C=O) groups excluding carboxylic acids is 1. The minimum Gasteiger partial charge on any atom is -0.461 e. The van der Waals surface area contributed by atoms with Crippen LogP contribution < -0.4 is 9.64 Å². The summed E-state index contributed by atoms with van der Waals surface area (Å²) in [4.78, 5) is 32.5. The van der Waals surface area contributed by atoms with E-state index in [9.17, 15) is 4.79 Å². The predicted molar refractivity (Wildman–Crippen MR) is 163 cm³/mol. The number of amides is 1. The zero-order valence-electron chi connectivity index (χ0n) is 24.7. The maximum absolute atomic E-state index is 15.4. The third kappa shape index (κ3) is 6.72. The van der Waals surface area contributed by atoms with Gasteiger partial charge in [0.2, 0.25) is 0 Å². The van der Waals surface area contributed by atoms with Gasteiger partial charge >= 0.3 is 12.1 Å². The second-order valence-electron chi connectivity index (χ2n) is 11.6. The number of ether oxygens (including phenoxy) is 2. The molecule has 12 heteroatoms. The molecule has 0 saturated carbocycles. The fraction of sp³-hybridized carbons (Fsp3) is 0.655. The van der Waals surface area contributed by atoms with Crippen molar-refractivity contribution < 1.29 is 18.7 Å². The van der Waals surface area contributed by atoms with Crippen LogP contribution in [0.3, 0.4) is 0 Å². The quantitative estimate of drug-likeness (QED) is 0.254. The molecule has 0 aromatic carbocycles. The molecule has 3 saturated heterocycles. The van der Waals surface area contributed by atoms with E-state index in [1.54, 1.807) is 11.0 Å². The molecule has 3 fully saturated rings. The monoisotopic (exact) mass is 654 g/mol. The number of piperazine rings is 1.